The fourth-order valence-electron chi connectivity index (χ4n) is 5.78. The average Bonchev–Trinajstić information content (AvgIpc) is 3.18. The molecule has 1 unspecified atom stereocenters. The molecule has 2 aromatic rings. The molecular weight excluding hydrogens is 487 g/mol. The molecule has 0 aliphatic carbocycles. The van der Waals surface area contributed by atoms with Crippen LogP contribution in [-0.4, -0.2) is 57.9 Å². The van der Waals surface area contributed by atoms with Gasteiger partial charge in [-0.25, -0.2) is 4.39 Å². The summed E-state index contributed by atoms with van der Waals surface area (Å²) >= 11 is 0. The molecule has 202 valence electrons. The van der Waals surface area contributed by atoms with Crippen molar-refractivity contribution in [3.05, 3.63) is 64.5 Å². The highest BCUT2D eigenvalue weighted by molar-refractivity contribution is 6.06. The number of morpholine rings is 1. The molecule has 0 spiro atoms. The Morgan fingerprint density at radius 2 is 1.76 bits per heavy atom. The number of amides is 3. The molecule has 2 N–H and O–H groups in total. The zero-order chi connectivity index (χ0) is 29.0. The van der Waals surface area contributed by atoms with Gasteiger partial charge in [-0.3, -0.25) is 24.6 Å². The van der Waals surface area contributed by atoms with Crippen LogP contribution in [0.25, 0.3) is 0 Å². The number of imide groups is 1. The monoisotopic (exact) mass is 524 g/mol. The molecular formula is C29H35FN4O4. The quantitative estimate of drug-likeness (QED) is 0.562. The summed E-state index contributed by atoms with van der Waals surface area (Å²) in [6.07, 6.45) is 0.439. The van der Waals surface area contributed by atoms with Crippen LogP contribution in [0.1, 0.15) is 70.3 Å². The van der Waals surface area contributed by atoms with Gasteiger partial charge in [0.15, 0.2) is 0 Å². The minimum absolute atomic E-state index is 0.0437. The highest BCUT2D eigenvalue weighted by atomic mass is 19.1. The lowest BCUT2D eigenvalue weighted by atomic mass is 9.98. The third kappa shape index (κ3) is 5.31. The fourth-order valence-corrected chi connectivity index (χ4v) is 5.78. The lowest BCUT2D eigenvalue weighted by Crippen LogP contribution is -2.56. The van der Waals surface area contributed by atoms with Gasteiger partial charge in [0.25, 0.3) is 5.91 Å². The van der Waals surface area contributed by atoms with Crippen LogP contribution in [0.5, 0.6) is 0 Å². The molecule has 0 aromatic heterocycles. The fraction of sp³-hybridized carbons (Fsp3) is 0.483. The predicted molar refractivity (Wildman–Crippen MR) is 141 cm³/mol. The number of hydrogen-bond donors (Lipinski definition) is 2. The zero-order valence-electron chi connectivity index (χ0n) is 24.2. The van der Waals surface area contributed by atoms with E-state index in [2.05, 4.69) is 10.6 Å². The number of halogens is 1. The van der Waals surface area contributed by atoms with Crippen LogP contribution < -0.4 is 10.6 Å². The van der Waals surface area contributed by atoms with Crippen LogP contribution in [0.3, 0.4) is 0 Å². The summed E-state index contributed by atoms with van der Waals surface area (Å²) in [5.74, 6) is -1.74. The van der Waals surface area contributed by atoms with Gasteiger partial charge in [0.1, 0.15) is 11.9 Å². The van der Waals surface area contributed by atoms with Crippen LogP contribution in [0, 0.1) is 5.82 Å². The maximum atomic E-state index is 15.9. The van der Waals surface area contributed by atoms with Gasteiger partial charge in [-0.15, -0.1) is 0 Å². The Labute approximate surface area is 225 Å². The van der Waals surface area contributed by atoms with Crippen molar-refractivity contribution in [2.75, 3.05) is 18.4 Å². The van der Waals surface area contributed by atoms with Crippen LogP contribution >= 0.6 is 0 Å². The number of ether oxygens (including phenoxy) is 1. The van der Waals surface area contributed by atoms with Gasteiger partial charge in [-0.2, -0.15) is 0 Å². The largest absolute Gasteiger partial charge is 0.381 e. The predicted octanol–water partition coefficient (Wildman–Crippen LogP) is 3.59. The van der Waals surface area contributed by atoms with Gasteiger partial charge in [0.05, 0.1) is 11.2 Å². The van der Waals surface area contributed by atoms with Crippen molar-refractivity contribution in [3.8, 4) is 0 Å². The minimum Gasteiger partial charge on any atom is -0.381 e. The van der Waals surface area contributed by atoms with Crippen molar-refractivity contribution >= 4 is 23.4 Å². The summed E-state index contributed by atoms with van der Waals surface area (Å²) in [5.41, 5.74) is 0.828. The molecule has 1 atom stereocenters. The molecule has 3 heterocycles. The van der Waals surface area contributed by atoms with Gasteiger partial charge in [0.2, 0.25) is 11.8 Å². The van der Waals surface area contributed by atoms with E-state index in [9.17, 15) is 14.4 Å². The van der Waals surface area contributed by atoms with Crippen molar-refractivity contribution in [2.45, 2.75) is 77.4 Å². The van der Waals surface area contributed by atoms with Crippen molar-refractivity contribution in [1.82, 2.24) is 15.1 Å². The zero-order valence-corrected chi connectivity index (χ0v) is 22.2. The van der Waals surface area contributed by atoms with E-state index in [0.717, 1.165) is 0 Å². The molecule has 0 saturated carbocycles. The third-order valence-electron chi connectivity index (χ3n) is 7.10. The Hall–Kier alpha value is -3.30. The Morgan fingerprint density at radius 1 is 1.08 bits per heavy atom. The molecule has 2 saturated heterocycles. The summed E-state index contributed by atoms with van der Waals surface area (Å²) in [4.78, 5) is 40.2. The van der Waals surface area contributed by atoms with Crippen molar-refractivity contribution in [1.29, 1.82) is 0 Å². The SMILES string of the molecule is [2H]C([2H])(c1cccc(CNc2cccc3c2CN(C2CCC(=O)NC2=O)C3=O)c1F)N1CC(C)(C)OC(C)(C)C1. The van der Waals surface area contributed by atoms with E-state index in [0.29, 0.717) is 29.9 Å². The average molecular weight is 525 g/mol. The molecule has 0 radical (unpaired) electrons. The van der Waals surface area contributed by atoms with E-state index in [1.54, 1.807) is 35.2 Å². The second-order valence-corrected chi connectivity index (χ2v) is 11.5. The molecule has 3 aliphatic rings. The summed E-state index contributed by atoms with van der Waals surface area (Å²) in [7, 11) is 0. The Balaban J connectivity index is 1.35. The first kappa shape index (κ1) is 23.8. The van der Waals surface area contributed by atoms with Gasteiger partial charge in [-0.05, 0) is 46.2 Å². The number of anilines is 1. The standard InChI is InChI=1S/C29H35FN4O4/c1-28(2)16-33(17-29(3,4)38-28)14-19-8-5-7-18(25(19)30)13-31-22-10-6-9-20-21(22)15-34(27(20)37)23-11-12-24(35)32-26(23)36/h5-10,23,31H,11-17H2,1-4H3,(H,32,35,36)/i14D2. The second kappa shape index (κ2) is 9.78. The van der Waals surface area contributed by atoms with Crippen molar-refractivity contribution in [3.63, 3.8) is 0 Å². The van der Waals surface area contributed by atoms with E-state index >= 15 is 4.39 Å². The third-order valence-corrected chi connectivity index (χ3v) is 7.10. The first-order chi connectivity index (χ1) is 18.7. The van der Waals surface area contributed by atoms with Gasteiger partial charge in [0, 0.05) is 69.8 Å². The number of nitrogens with one attached hydrogen (secondary N) is 2. The molecule has 0 bridgehead atoms. The summed E-state index contributed by atoms with van der Waals surface area (Å²) in [6.45, 7) is 6.40. The number of fused-ring (bicyclic) bond motifs is 1. The Kier molecular flexibility index (Phi) is 6.12. The summed E-state index contributed by atoms with van der Waals surface area (Å²) in [5, 5.41) is 5.52. The van der Waals surface area contributed by atoms with Gasteiger partial charge < -0.3 is 15.0 Å². The van der Waals surface area contributed by atoms with Gasteiger partial charge >= 0.3 is 0 Å². The number of rotatable bonds is 6. The molecule has 5 rings (SSSR count). The van der Waals surface area contributed by atoms with E-state index in [1.807, 2.05) is 27.7 Å². The number of piperidine rings is 1. The Bertz CT molecular complexity index is 1360. The van der Waals surface area contributed by atoms with Crippen molar-refractivity contribution < 1.29 is 26.3 Å². The van der Waals surface area contributed by atoms with Crippen LogP contribution in [0.2, 0.25) is 0 Å². The van der Waals surface area contributed by atoms with Crippen LogP contribution in [-0.2, 0) is 33.9 Å². The molecule has 3 aliphatic heterocycles. The number of carbonyl (C=O) groups is 3. The highest BCUT2D eigenvalue weighted by Crippen LogP contribution is 2.33. The molecule has 38 heavy (non-hydrogen) atoms. The van der Waals surface area contributed by atoms with Crippen LogP contribution in [0.4, 0.5) is 10.1 Å². The molecule has 2 aromatic carbocycles. The van der Waals surface area contributed by atoms with E-state index in [4.69, 9.17) is 7.48 Å². The Morgan fingerprint density at radius 3 is 2.47 bits per heavy atom. The lowest BCUT2D eigenvalue weighted by molar-refractivity contribution is -0.182. The number of hydrogen-bond acceptors (Lipinski definition) is 6. The maximum absolute atomic E-state index is 15.9. The van der Waals surface area contributed by atoms with E-state index < -0.39 is 35.5 Å². The first-order valence-electron chi connectivity index (χ1n) is 13.9. The van der Waals surface area contributed by atoms with Gasteiger partial charge in [-0.1, -0.05) is 24.3 Å². The first-order valence-corrected chi connectivity index (χ1v) is 12.9. The smallest absolute Gasteiger partial charge is 0.255 e. The van der Waals surface area contributed by atoms with Crippen LogP contribution in [0.15, 0.2) is 36.4 Å². The highest BCUT2D eigenvalue weighted by Gasteiger charge is 2.40. The number of benzene rings is 2. The maximum Gasteiger partial charge on any atom is 0.255 e. The molecule has 8 nitrogen and oxygen atoms in total. The summed E-state index contributed by atoms with van der Waals surface area (Å²) in [6, 6.07) is 9.21. The number of nitrogens with zero attached hydrogens (tertiary/aromatic N) is 2. The van der Waals surface area contributed by atoms with E-state index in [1.165, 1.54) is 11.0 Å². The lowest BCUT2D eigenvalue weighted by Gasteiger charge is -2.47. The molecule has 2 fully saturated rings. The number of carbonyl (C=O) groups excluding carboxylic acids is 3. The topological polar surface area (TPSA) is 91.0 Å². The molecule has 3 amide bonds. The molecule has 9 heteroatoms. The normalized spacial score (nSPS) is 24.0. The van der Waals surface area contributed by atoms with Crippen molar-refractivity contribution in [2.24, 2.45) is 0 Å². The minimum atomic E-state index is -2.07. The summed E-state index contributed by atoms with van der Waals surface area (Å²) < 4.78 is 39.7. The second-order valence-electron chi connectivity index (χ2n) is 11.5. The van der Waals surface area contributed by atoms with E-state index in [-0.39, 0.29) is 48.9 Å².